The number of hydrogen-bond acceptors (Lipinski definition) is 6. The van der Waals surface area contributed by atoms with Crippen LogP contribution in [0.2, 0.25) is 5.02 Å². The van der Waals surface area contributed by atoms with E-state index in [9.17, 15) is 4.79 Å². The van der Waals surface area contributed by atoms with E-state index in [4.69, 9.17) is 20.8 Å². The summed E-state index contributed by atoms with van der Waals surface area (Å²) in [5.41, 5.74) is 1.82. The molecule has 26 heavy (non-hydrogen) atoms. The Morgan fingerprint density at radius 2 is 2.19 bits per heavy atom. The Hall–Kier alpha value is -2.25. The van der Waals surface area contributed by atoms with E-state index in [1.807, 2.05) is 35.8 Å². The van der Waals surface area contributed by atoms with E-state index in [-0.39, 0.29) is 5.97 Å². The largest absolute Gasteiger partial charge is 0.465 e. The Morgan fingerprint density at radius 1 is 1.38 bits per heavy atom. The summed E-state index contributed by atoms with van der Waals surface area (Å²) >= 11 is 7.48. The minimum absolute atomic E-state index is 0.297. The molecule has 1 atom stereocenters. The highest BCUT2D eigenvalue weighted by Gasteiger charge is 2.24. The average molecular weight is 392 g/mol. The molecular formula is C18H18ClN3O3S. The lowest BCUT2D eigenvalue weighted by molar-refractivity contribution is -0.142. The van der Waals surface area contributed by atoms with E-state index >= 15 is 0 Å². The number of nitrogens with zero attached hydrogens (tertiary/aromatic N) is 3. The fraction of sp³-hybridized carbons (Fsp3) is 0.278. The third-order valence-corrected chi connectivity index (χ3v) is 4.94. The maximum absolute atomic E-state index is 12.0. The van der Waals surface area contributed by atoms with Gasteiger partial charge in [0.25, 0.3) is 0 Å². The first-order chi connectivity index (χ1) is 12.5. The van der Waals surface area contributed by atoms with Gasteiger partial charge in [-0.1, -0.05) is 29.4 Å². The van der Waals surface area contributed by atoms with Crippen LogP contribution in [-0.4, -0.2) is 32.6 Å². The molecule has 0 saturated carbocycles. The summed E-state index contributed by atoms with van der Waals surface area (Å²) in [5.74, 6) is 0.820. The Kier molecular flexibility index (Phi) is 5.68. The maximum Gasteiger partial charge on any atom is 0.319 e. The smallest absolute Gasteiger partial charge is 0.319 e. The number of esters is 1. The van der Waals surface area contributed by atoms with Crippen molar-refractivity contribution in [2.24, 2.45) is 0 Å². The van der Waals surface area contributed by atoms with E-state index in [1.165, 1.54) is 11.8 Å². The first kappa shape index (κ1) is 18.5. The van der Waals surface area contributed by atoms with E-state index < -0.39 is 5.25 Å². The lowest BCUT2D eigenvalue weighted by Crippen LogP contribution is -2.17. The van der Waals surface area contributed by atoms with Crippen LogP contribution < -0.4 is 0 Å². The number of aromatic nitrogens is 3. The number of thioether (sulfide) groups is 1. The molecule has 0 aliphatic rings. The predicted octanol–water partition coefficient (Wildman–Crippen LogP) is 4.53. The van der Waals surface area contributed by atoms with E-state index in [0.29, 0.717) is 28.4 Å². The second-order valence-corrected chi connectivity index (χ2v) is 7.31. The predicted molar refractivity (Wildman–Crippen MR) is 101 cm³/mol. The molecule has 0 bridgehead atoms. The van der Waals surface area contributed by atoms with Crippen LogP contribution >= 0.6 is 23.4 Å². The van der Waals surface area contributed by atoms with Gasteiger partial charge in [-0.05, 0) is 50.6 Å². The lowest BCUT2D eigenvalue weighted by atomic mass is 10.2. The first-order valence-electron chi connectivity index (χ1n) is 8.10. The number of halogens is 1. The highest BCUT2D eigenvalue weighted by Crippen LogP contribution is 2.32. The van der Waals surface area contributed by atoms with E-state index in [1.54, 1.807) is 26.2 Å². The van der Waals surface area contributed by atoms with Gasteiger partial charge in [-0.25, -0.2) is 0 Å². The molecule has 0 fully saturated rings. The average Bonchev–Trinajstić information content (AvgIpc) is 3.26. The molecule has 8 heteroatoms. The van der Waals surface area contributed by atoms with E-state index in [0.717, 1.165) is 11.3 Å². The summed E-state index contributed by atoms with van der Waals surface area (Å²) in [7, 11) is 0. The fourth-order valence-corrected chi connectivity index (χ4v) is 3.44. The van der Waals surface area contributed by atoms with Crippen LogP contribution in [0.25, 0.3) is 17.3 Å². The molecule has 0 amide bonds. The molecule has 0 unspecified atom stereocenters. The number of carbonyl (C=O) groups excluding carboxylic acids is 1. The summed E-state index contributed by atoms with van der Waals surface area (Å²) in [5, 5.41) is 9.26. The zero-order chi connectivity index (χ0) is 18.7. The van der Waals surface area contributed by atoms with Gasteiger partial charge in [-0.3, -0.25) is 9.36 Å². The molecule has 0 N–H and O–H groups in total. The Bertz CT molecular complexity index is 909. The molecule has 0 aliphatic carbocycles. The molecular weight excluding hydrogens is 374 g/mol. The summed E-state index contributed by atoms with van der Waals surface area (Å²) in [6, 6.07) is 9.18. The topological polar surface area (TPSA) is 70.2 Å². The highest BCUT2D eigenvalue weighted by atomic mass is 35.5. The third-order valence-electron chi connectivity index (χ3n) is 3.69. The molecule has 0 aliphatic heterocycles. The molecule has 3 aromatic rings. The molecule has 3 rings (SSSR count). The standard InChI is InChI=1S/C18H18ClN3O3S/c1-4-24-17(23)12(3)26-18-21-20-16(15-6-5-9-25-15)22(18)14-10-13(19)8-7-11(14)2/h5-10,12H,4H2,1-3H3/t12-/m1/s1. The van der Waals surface area contributed by atoms with Gasteiger partial charge >= 0.3 is 5.97 Å². The van der Waals surface area contributed by atoms with Crippen molar-refractivity contribution < 1.29 is 13.9 Å². The molecule has 0 spiro atoms. The van der Waals surface area contributed by atoms with Crippen LogP contribution in [0, 0.1) is 6.92 Å². The van der Waals surface area contributed by atoms with Gasteiger partial charge in [-0.15, -0.1) is 10.2 Å². The monoisotopic (exact) mass is 391 g/mol. The maximum atomic E-state index is 12.0. The quantitative estimate of drug-likeness (QED) is 0.454. The molecule has 136 valence electrons. The Morgan fingerprint density at radius 3 is 2.88 bits per heavy atom. The summed E-state index contributed by atoms with van der Waals surface area (Å²) in [6.45, 7) is 5.86. The Labute approximate surface area is 160 Å². The van der Waals surface area contributed by atoms with Crippen molar-refractivity contribution in [1.82, 2.24) is 14.8 Å². The molecule has 2 heterocycles. The second kappa shape index (κ2) is 7.97. The van der Waals surface area contributed by atoms with Gasteiger partial charge in [0.1, 0.15) is 5.25 Å². The number of aryl methyl sites for hydroxylation is 1. The van der Waals surface area contributed by atoms with Crippen molar-refractivity contribution in [1.29, 1.82) is 0 Å². The first-order valence-corrected chi connectivity index (χ1v) is 9.36. The minimum Gasteiger partial charge on any atom is -0.465 e. The molecule has 2 aromatic heterocycles. The van der Waals surface area contributed by atoms with Crippen molar-refractivity contribution in [2.75, 3.05) is 6.61 Å². The van der Waals surface area contributed by atoms with Crippen molar-refractivity contribution in [3.8, 4) is 17.3 Å². The summed E-state index contributed by atoms with van der Waals surface area (Å²) in [6.07, 6.45) is 1.58. The van der Waals surface area contributed by atoms with Crippen molar-refractivity contribution in [2.45, 2.75) is 31.2 Å². The highest BCUT2D eigenvalue weighted by molar-refractivity contribution is 8.00. The van der Waals surface area contributed by atoms with Crippen LogP contribution in [0.3, 0.4) is 0 Å². The number of benzene rings is 1. The molecule has 0 radical (unpaired) electrons. The van der Waals surface area contributed by atoms with Crippen LogP contribution in [0.5, 0.6) is 0 Å². The number of ether oxygens (including phenoxy) is 1. The summed E-state index contributed by atoms with van der Waals surface area (Å²) in [4.78, 5) is 12.0. The van der Waals surface area contributed by atoms with Gasteiger partial charge in [-0.2, -0.15) is 0 Å². The zero-order valence-corrected chi connectivity index (χ0v) is 16.2. The number of hydrogen-bond donors (Lipinski definition) is 0. The number of rotatable bonds is 6. The van der Waals surface area contributed by atoms with Crippen LogP contribution in [-0.2, 0) is 9.53 Å². The number of furan rings is 1. The van der Waals surface area contributed by atoms with E-state index in [2.05, 4.69) is 10.2 Å². The minimum atomic E-state index is -0.429. The zero-order valence-electron chi connectivity index (χ0n) is 14.6. The normalized spacial score (nSPS) is 12.2. The molecule has 1 aromatic carbocycles. The third kappa shape index (κ3) is 3.78. The SMILES string of the molecule is CCOC(=O)[C@@H](C)Sc1nnc(-c2ccco2)n1-c1cc(Cl)ccc1C. The van der Waals surface area contributed by atoms with Crippen LogP contribution in [0.15, 0.2) is 46.2 Å². The molecule has 6 nitrogen and oxygen atoms in total. The second-order valence-electron chi connectivity index (χ2n) is 5.56. The van der Waals surface area contributed by atoms with Crippen molar-refractivity contribution in [3.05, 3.63) is 47.2 Å². The van der Waals surface area contributed by atoms with Gasteiger partial charge in [0, 0.05) is 5.02 Å². The van der Waals surface area contributed by atoms with Gasteiger partial charge in [0.05, 0.1) is 18.6 Å². The van der Waals surface area contributed by atoms with Gasteiger partial charge in [0.2, 0.25) is 5.82 Å². The van der Waals surface area contributed by atoms with Gasteiger partial charge < -0.3 is 9.15 Å². The van der Waals surface area contributed by atoms with Crippen molar-refractivity contribution >= 4 is 29.3 Å². The number of carbonyl (C=O) groups is 1. The fourth-order valence-electron chi connectivity index (χ4n) is 2.42. The van der Waals surface area contributed by atoms with Crippen LogP contribution in [0.1, 0.15) is 19.4 Å². The Balaban J connectivity index is 2.08. The van der Waals surface area contributed by atoms with Gasteiger partial charge in [0.15, 0.2) is 10.9 Å². The lowest BCUT2D eigenvalue weighted by Gasteiger charge is -2.14. The van der Waals surface area contributed by atoms with Crippen molar-refractivity contribution in [3.63, 3.8) is 0 Å². The van der Waals surface area contributed by atoms with Crippen LogP contribution in [0.4, 0.5) is 0 Å². The molecule has 0 saturated heterocycles. The summed E-state index contributed by atoms with van der Waals surface area (Å²) < 4.78 is 12.4.